The molecule has 1 aliphatic rings. The van der Waals surface area contributed by atoms with Crippen LogP contribution in [0.2, 0.25) is 0 Å². The predicted molar refractivity (Wildman–Crippen MR) is 172 cm³/mol. The van der Waals surface area contributed by atoms with E-state index in [0.29, 0.717) is 23.9 Å². The average molecular weight is 586 g/mol. The zero-order chi connectivity index (χ0) is 30.4. The number of anilines is 2. The van der Waals surface area contributed by atoms with Crippen molar-refractivity contribution in [3.63, 3.8) is 0 Å². The van der Waals surface area contributed by atoms with E-state index in [9.17, 15) is 9.59 Å². The molecule has 0 bridgehead atoms. The number of imidazole rings is 1. The van der Waals surface area contributed by atoms with Gasteiger partial charge in [-0.05, 0) is 48.9 Å². The van der Waals surface area contributed by atoms with Gasteiger partial charge in [-0.2, -0.15) is 0 Å². The number of fused-ring (bicyclic) bond motifs is 1. The van der Waals surface area contributed by atoms with E-state index in [0.717, 1.165) is 58.9 Å². The molecule has 1 aliphatic heterocycles. The van der Waals surface area contributed by atoms with Crippen LogP contribution in [-0.2, 0) is 6.54 Å². The van der Waals surface area contributed by atoms with Crippen LogP contribution >= 0.6 is 0 Å². The molecule has 2 N–H and O–H groups in total. The minimum atomic E-state index is -0.538. The molecular weight excluding hydrogens is 554 g/mol. The summed E-state index contributed by atoms with van der Waals surface area (Å²) >= 11 is 0. The van der Waals surface area contributed by atoms with Gasteiger partial charge in [-0.15, -0.1) is 0 Å². The van der Waals surface area contributed by atoms with Gasteiger partial charge in [-0.3, -0.25) is 19.1 Å². The number of rotatable bonds is 7. The van der Waals surface area contributed by atoms with E-state index in [-0.39, 0.29) is 11.8 Å². The SMILES string of the molecule is COc1c(N2CCN(Cc3ccc(-n4c(-c5cccnc5N)nc5ccc(-c6ccccc6)nc54)cc3)C[C@@H]2C)c(=O)c1=O. The highest BCUT2D eigenvalue weighted by Crippen LogP contribution is 2.32. The second-order valence-electron chi connectivity index (χ2n) is 11.1. The number of pyridine rings is 2. The number of ether oxygens (including phenoxy) is 1. The van der Waals surface area contributed by atoms with E-state index in [1.165, 1.54) is 7.11 Å². The molecule has 6 aromatic rings. The Kier molecular flexibility index (Phi) is 6.90. The summed E-state index contributed by atoms with van der Waals surface area (Å²) in [4.78, 5) is 42.7. The molecule has 10 heteroatoms. The molecule has 1 fully saturated rings. The van der Waals surface area contributed by atoms with Gasteiger partial charge < -0.3 is 15.4 Å². The quantitative estimate of drug-likeness (QED) is 0.277. The zero-order valence-electron chi connectivity index (χ0n) is 24.5. The standard InChI is InChI=1S/C34H31N7O3/c1-21-19-39(17-18-40(21)28-29(42)30(43)31(28)44-2)20-22-10-12-24(13-11-22)41-33(25-9-6-16-36-32(25)35)38-27-15-14-26(37-34(27)41)23-7-4-3-5-8-23/h3-16,21H,17-20H2,1-2H3,(H2,35,36)/t21-/m0/s1. The fourth-order valence-corrected chi connectivity index (χ4v) is 6.09. The number of nitrogens with zero attached hydrogens (tertiary/aromatic N) is 6. The van der Waals surface area contributed by atoms with E-state index < -0.39 is 10.9 Å². The zero-order valence-corrected chi connectivity index (χ0v) is 24.5. The molecule has 1 atom stereocenters. The molecule has 220 valence electrons. The normalized spacial score (nSPS) is 15.7. The lowest BCUT2D eigenvalue weighted by Crippen LogP contribution is -2.55. The maximum atomic E-state index is 12.2. The molecule has 0 saturated carbocycles. The fraction of sp³-hybridized carbons (Fsp3) is 0.206. The van der Waals surface area contributed by atoms with Crippen LogP contribution in [0, 0.1) is 0 Å². The summed E-state index contributed by atoms with van der Waals surface area (Å²) in [6.07, 6.45) is 1.67. The number of nitrogen functional groups attached to an aromatic ring is 1. The van der Waals surface area contributed by atoms with Crippen LogP contribution in [0.5, 0.6) is 5.75 Å². The van der Waals surface area contributed by atoms with Crippen molar-refractivity contribution in [2.75, 3.05) is 37.4 Å². The molecular formula is C34H31N7O3. The number of methoxy groups -OCH3 is 1. The number of hydrogen-bond acceptors (Lipinski definition) is 9. The van der Waals surface area contributed by atoms with Crippen molar-refractivity contribution in [1.29, 1.82) is 0 Å². The van der Waals surface area contributed by atoms with Crippen LogP contribution in [0.15, 0.2) is 94.6 Å². The summed E-state index contributed by atoms with van der Waals surface area (Å²) in [5, 5.41) is 0. The summed E-state index contributed by atoms with van der Waals surface area (Å²) in [5.74, 6) is 1.25. The van der Waals surface area contributed by atoms with E-state index in [1.54, 1.807) is 6.20 Å². The maximum absolute atomic E-state index is 12.2. The average Bonchev–Trinajstić information content (AvgIpc) is 3.43. The van der Waals surface area contributed by atoms with Crippen molar-refractivity contribution in [3.05, 3.63) is 111 Å². The van der Waals surface area contributed by atoms with Crippen LogP contribution in [0.25, 0.3) is 39.5 Å². The summed E-state index contributed by atoms with van der Waals surface area (Å²) < 4.78 is 7.22. The number of nitrogens with two attached hydrogens (primary N) is 1. The number of hydrogen-bond donors (Lipinski definition) is 1. The van der Waals surface area contributed by atoms with Gasteiger partial charge in [0, 0.05) is 49.7 Å². The Balaban J connectivity index is 1.18. The molecule has 44 heavy (non-hydrogen) atoms. The second kappa shape index (κ2) is 11.1. The molecule has 7 rings (SSSR count). The highest BCUT2D eigenvalue weighted by Gasteiger charge is 2.33. The molecule has 0 radical (unpaired) electrons. The Hall–Kier alpha value is -5.35. The van der Waals surface area contributed by atoms with Gasteiger partial charge in [-0.1, -0.05) is 42.5 Å². The van der Waals surface area contributed by atoms with E-state index in [4.69, 9.17) is 20.4 Å². The first kappa shape index (κ1) is 27.5. The van der Waals surface area contributed by atoms with Gasteiger partial charge in [0.05, 0.1) is 18.4 Å². The van der Waals surface area contributed by atoms with Crippen molar-refractivity contribution in [2.45, 2.75) is 19.5 Å². The van der Waals surface area contributed by atoms with Gasteiger partial charge in [0.2, 0.25) is 0 Å². The molecule has 1 saturated heterocycles. The third-order valence-electron chi connectivity index (χ3n) is 8.30. The first-order valence-corrected chi connectivity index (χ1v) is 14.5. The summed E-state index contributed by atoms with van der Waals surface area (Å²) in [5.41, 5.74) is 11.9. The Bertz CT molecular complexity index is 2050. The Morgan fingerprint density at radius 2 is 1.70 bits per heavy atom. The lowest BCUT2D eigenvalue weighted by molar-refractivity contribution is 0.219. The summed E-state index contributed by atoms with van der Waals surface area (Å²) in [6.45, 7) is 4.99. The monoisotopic (exact) mass is 585 g/mol. The largest absolute Gasteiger partial charge is 0.491 e. The van der Waals surface area contributed by atoms with E-state index >= 15 is 0 Å². The van der Waals surface area contributed by atoms with Gasteiger partial charge >= 0.3 is 0 Å². The Morgan fingerprint density at radius 1 is 0.909 bits per heavy atom. The summed E-state index contributed by atoms with van der Waals surface area (Å²) in [6, 6.07) is 26.3. The number of aromatic nitrogens is 4. The third-order valence-corrected chi connectivity index (χ3v) is 8.30. The Morgan fingerprint density at radius 3 is 2.43 bits per heavy atom. The lowest BCUT2D eigenvalue weighted by atomic mass is 10.1. The van der Waals surface area contributed by atoms with Gasteiger partial charge in [-0.25, -0.2) is 15.0 Å². The van der Waals surface area contributed by atoms with Crippen molar-refractivity contribution < 1.29 is 4.74 Å². The summed E-state index contributed by atoms with van der Waals surface area (Å²) in [7, 11) is 1.43. The van der Waals surface area contributed by atoms with Gasteiger partial charge in [0.1, 0.15) is 17.0 Å². The van der Waals surface area contributed by atoms with Crippen LogP contribution < -0.4 is 26.2 Å². The van der Waals surface area contributed by atoms with Crippen molar-refractivity contribution in [1.82, 2.24) is 24.4 Å². The van der Waals surface area contributed by atoms with Gasteiger partial charge in [0.25, 0.3) is 10.9 Å². The highest BCUT2D eigenvalue weighted by molar-refractivity contribution is 5.84. The molecule has 3 aromatic carbocycles. The first-order valence-electron chi connectivity index (χ1n) is 14.5. The molecule has 0 aliphatic carbocycles. The third kappa shape index (κ3) is 4.69. The van der Waals surface area contributed by atoms with Crippen molar-refractivity contribution >= 4 is 22.7 Å². The van der Waals surface area contributed by atoms with E-state index in [2.05, 4.69) is 41.1 Å². The lowest BCUT2D eigenvalue weighted by Gasteiger charge is -2.41. The van der Waals surface area contributed by atoms with Crippen LogP contribution in [0.3, 0.4) is 0 Å². The number of benzene rings is 2. The first-order chi connectivity index (χ1) is 21.4. The minimum absolute atomic E-state index is 0.0647. The topological polar surface area (TPSA) is 119 Å². The van der Waals surface area contributed by atoms with Crippen LogP contribution in [-0.4, -0.2) is 57.2 Å². The second-order valence-corrected chi connectivity index (χ2v) is 11.1. The van der Waals surface area contributed by atoms with Crippen molar-refractivity contribution in [3.8, 4) is 34.1 Å². The molecule has 4 heterocycles. The fourth-order valence-electron chi connectivity index (χ4n) is 6.09. The molecule has 0 amide bonds. The van der Waals surface area contributed by atoms with Gasteiger partial charge in [0.15, 0.2) is 17.2 Å². The van der Waals surface area contributed by atoms with Crippen LogP contribution in [0.1, 0.15) is 12.5 Å². The molecule has 0 spiro atoms. The predicted octanol–water partition coefficient (Wildman–Crippen LogP) is 4.05. The van der Waals surface area contributed by atoms with Crippen molar-refractivity contribution in [2.24, 2.45) is 0 Å². The molecule has 10 nitrogen and oxygen atoms in total. The molecule has 3 aromatic heterocycles. The van der Waals surface area contributed by atoms with Crippen LogP contribution in [0.4, 0.5) is 11.5 Å². The Labute approximate surface area is 253 Å². The maximum Gasteiger partial charge on any atom is 0.272 e. The van der Waals surface area contributed by atoms with E-state index in [1.807, 2.05) is 64.1 Å². The minimum Gasteiger partial charge on any atom is -0.491 e. The molecule has 0 unspecified atom stereocenters. The number of piperazine rings is 1. The smallest absolute Gasteiger partial charge is 0.272 e. The highest BCUT2D eigenvalue weighted by atomic mass is 16.5.